The van der Waals surface area contributed by atoms with Crippen LogP contribution in [0.25, 0.3) is 10.9 Å². The Labute approximate surface area is 68.4 Å². The van der Waals surface area contributed by atoms with Crippen molar-refractivity contribution < 1.29 is 4.39 Å². The number of fused-ring (bicyclic) bond motifs is 1. The fourth-order valence-corrected chi connectivity index (χ4v) is 1.19. The minimum absolute atomic E-state index is 0.215. The summed E-state index contributed by atoms with van der Waals surface area (Å²) < 4.78 is 13.4. The van der Waals surface area contributed by atoms with Crippen LogP contribution in [0, 0.1) is 5.82 Å². The first-order valence-electron chi connectivity index (χ1n) is 3.63. The number of hydrogen-bond acceptors (Lipinski definition) is 2. The first-order valence-corrected chi connectivity index (χ1v) is 3.63. The second-order valence-electron chi connectivity index (χ2n) is 2.57. The predicted molar refractivity (Wildman–Crippen MR) is 43.9 cm³/mol. The zero-order chi connectivity index (χ0) is 8.55. The first-order chi connectivity index (χ1) is 5.83. The molecule has 0 amide bonds. The summed E-state index contributed by atoms with van der Waals surface area (Å²) in [6, 6.07) is 3.43. The van der Waals surface area contributed by atoms with Crippen LogP contribution in [0.1, 0.15) is 5.56 Å². The molecular formula is C8H8FN3. The molecular weight excluding hydrogens is 157 g/mol. The predicted octanol–water partition coefficient (Wildman–Crippen LogP) is 1.16. The van der Waals surface area contributed by atoms with Crippen LogP contribution in [-0.4, -0.2) is 10.2 Å². The molecule has 1 aromatic carbocycles. The Morgan fingerprint density at radius 3 is 3.08 bits per heavy atom. The number of aromatic nitrogens is 2. The van der Waals surface area contributed by atoms with Crippen LogP contribution in [0.4, 0.5) is 4.39 Å². The van der Waals surface area contributed by atoms with Gasteiger partial charge in [0, 0.05) is 12.1 Å². The van der Waals surface area contributed by atoms with Crippen molar-refractivity contribution >= 4 is 10.9 Å². The van der Waals surface area contributed by atoms with Gasteiger partial charge in [0.05, 0.1) is 17.1 Å². The molecule has 0 fully saturated rings. The van der Waals surface area contributed by atoms with Crippen LogP contribution in [0.3, 0.4) is 0 Å². The number of rotatable bonds is 1. The number of H-pyrrole nitrogens is 1. The van der Waals surface area contributed by atoms with Crippen molar-refractivity contribution in [1.82, 2.24) is 10.2 Å². The molecule has 0 atom stereocenters. The van der Waals surface area contributed by atoms with Gasteiger partial charge in [-0.3, -0.25) is 5.10 Å². The SMILES string of the molecule is NCc1ccc2[nH]ncc2c1F. The van der Waals surface area contributed by atoms with Gasteiger partial charge < -0.3 is 5.73 Å². The van der Waals surface area contributed by atoms with Gasteiger partial charge in [0.25, 0.3) is 0 Å². The van der Waals surface area contributed by atoms with Crippen molar-refractivity contribution in [1.29, 1.82) is 0 Å². The van der Waals surface area contributed by atoms with E-state index in [1.54, 1.807) is 12.1 Å². The van der Waals surface area contributed by atoms with Crippen LogP contribution >= 0.6 is 0 Å². The summed E-state index contributed by atoms with van der Waals surface area (Å²) in [6.07, 6.45) is 1.46. The summed E-state index contributed by atoms with van der Waals surface area (Å²) in [5.74, 6) is -0.274. The number of nitrogens with one attached hydrogen (secondary N) is 1. The molecule has 1 aromatic heterocycles. The molecule has 0 saturated heterocycles. The van der Waals surface area contributed by atoms with Gasteiger partial charge in [0.2, 0.25) is 0 Å². The van der Waals surface area contributed by atoms with E-state index >= 15 is 0 Å². The number of hydrogen-bond donors (Lipinski definition) is 2. The Balaban J connectivity index is 2.78. The highest BCUT2D eigenvalue weighted by molar-refractivity contribution is 5.79. The lowest BCUT2D eigenvalue weighted by molar-refractivity contribution is 0.623. The lowest BCUT2D eigenvalue weighted by Crippen LogP contribution is -1.99. The van der Waals surface area contributed by atoms with Crippen molar-refractivity contribution in [3.8, 4) is 0 Å². The molecule has 2 rings (SSSR count). The highest BCUT2D eigenvalue weighted by atomic mass is 19.1. The van der Waals surface area contributed by atoms with Crippen LogP contribution in [-0.2, 0) is 6.54 Å². The molecule has 0 unspecified atom stereocenters. The van der Waals surface area contributed by atoms with Gasteiger partial charge in [-0.1, -0.05) is 6.07 Å². The maximum absolute atomic E-state index is 13.4. The summed E-state index contributed by atoms with van der Waals surface area (Å²) in [6.45, 7) is 0.215. The molecule has 0 aliphatic heterocycles. The van der Waals surface area contributed by atoms with E-state index in [1.165, 1.54) is 6.20 Å². The third-order valence-electron chi connectivity index (χ3n) is 1.86. The third kappa shape index (κ3) is 0.887. The second kappa shape index (κ2) is 2.57. The standard InChI is InChI=1S/C8H8FN3/c9-8-5(3-10)1-2-7-6(8)4-11-12-7/h1-2,4H,3,10H2,(H,11,12). The highest BCUT2D eigenvalue weighted by Crippen LogP contribution is 2.18. The maximum Gasteiger partial charge on any atom is 0.138 e. The average Bonchev–Trinajstić information content (AvgIpc) is 2.53. The fraction of sp³-hybridized carbons (Fsp3) is 0.125. The van der Waals surface area contributed by atoms with Gasteiger partial charge >= 0.3 is 0 Å². The van der Waals surface area contributed by atoms with Gasteiger partial charge in [0.15, 0.2) is 0 Å². The van der Waals surface area contributed by atoms with E-state index in [9.17, 15) is 4.39 Å². The Kier molecular flexibility index (Phi) is 1.55. The fourth-order valence-electron chi connectivity index (χ4n) is 1.19. The van der Waals surface area contributed by atoms with E-state index in [4.69, 9.17) is 5.73 Å². The number of aromatic amines is 1. The van der Waals surface area contributed by atoms with Gasteiger partial charge in [-0.15, -0.1) is 0 Å². The van der Waals surface area contributed by atoms with Crippen LogP contribution in [0.5, 0.6) is 0 Å². The minimum atomic E-state index is -0.274. The molecule has 0 saturated carbocycles. The number of benzene rings is 1. The van der Waals surface area contributed by atoms with Crippen molar-refractivity contribution in [2.24, 2.45) is 5.73 Å². The summed E-state index contributed by atoms with van der Waals surface area (Å²) in [7, 11) is 0. The van der Waals surface area contributed by atoms with Gasteiger partial charge in [0.1, 0.15) is 5.82 Å². The molecule has 0 aliphatic carbocycles. The molecule has 3 N–H and O–H groups in total. The first kappa shape index (κ1) is 7.24. The molecule has 2 aromatic rings. The minimum Gasteiger partial charge on any atom is -0.326 e. The largest absolute Gasteiger partial charge is 0.326 e. The van der Waals surface area contributed by atoms with E-state index < -0.39 is 0 Å². The summed E-state index contributed by atoms with van der Waals surface area (Å²) >= 11 is 0. The lowest BCUT2D eigenvalue weighted by atomic mass is 10.1. The van der Waals surface area contributed by atoms with E-state index in [2.05, 4.69) is 10.2 Å². The zero-order valence-electron chi connectivity index (χ0n) is 6.34. The van der Waals surface area contributed by atoms with Gasteiger partial charge in [-0.25, -0.2) is 4.39 Å². The average molecular weight is 165 g/mol. The quantitative estimate of drug-likeness (QED) is 0.666. The van der Waals surface area contributed by atoms with Gasteiger partial charge in [-0.2, -0.15) is 5.10 Å². The van der Waals surface area contributed by atoms with Crippen molar-refractivity contribution in [2.75, 3.05) is 0 Å². The molecule has 1 heterocycles. The molecule has 12 heavy (non-hydrogen) atoms. The smallest absolute Gasteiger partial charge is 0.138 e. The van der Waals surface area contributed by atoms with Crippen molar-refractivity contribution in [2.45, 2.75) is 6.54 Å². The summed E-state index contributed by atoms with van der Waals surface area (Å²) in [5, 5.41) is 6.91. The Morgan fingerprint density at radius 2 is 2.33 bits per heavy atom. The molecule has 3 nitrogen and oxygen atoms in total. The summed E-state index contributed by atoms with van der Waals surface area (Å²) in [4.78, 5) is 0. The maximum atomic E-state index is 13.4. The second-order valence-corrected chi connectivity index (χ2v) is 2.57. The highest BCUT2D eigenvalue weighted by Gasteiger charge is 2.06. The molecule has 0 bridgehead atoms. The van der Waals surface area contributed by atoms with Crippen LogP contribution < -0.4 is 5.73 Å². The molecule has 4 heteroatoms. The normalized spacial score (nSPS) is 10.8. The van der Waals surface area contributed by atoms with E-state index in [-0.39, 0.29) is 12.4 Å². The Hall–Kier alpha value is -1.42. The topological polar surface area (TPSA) is 54.7 Å². The van der Waals surface area contributed by atoms with E-state index in [0.29, 0.717) is 16.5 Å². The number of nitrogens with zero attached hydrogens (tertiary/aromatic N) is 1. The van der Waals surface area contributed by atoms with E-state index in [1.807, 2.05) is 0 Å². The number of halogens is 1. The van der Waals surface area contributed by atoms with Crippen LogP contribution in [0.15, 0.2) is 18.3 Å². The summed E-state index contributed by atoms with van der Waals surface area (Å²) in [5.41, 5.74) is 6.56. The van der Waals surface area contributed by atoms with E-state index in [0.717, 1.165) is 0 Å². The van der Waals surface area contributed by atoms with Crippen molar-refractivity contribution in [3.63, 3.8) is 0 Å². The Bertz CT molecular complexity index is 408. The molecule has 62 valence electrons. The van der Waals surface area contributed by atoms with Crippen LogP contribution in [0.2, 0.25) is 0 Å². The zero-order valence-corrected chi connectivity index (χ0v) is 6.34. The molecule has 0 radical (unpaired) electrons. The monoisotopic (exact) mass is 165 g/mol. The molecule has 0 aliphatic rings. The number of nitrogens with two attached hydrogens (primary N) is 1. The van der Waals surface area contributed by atoms with Crippen molar-refractivity contribution in [3.05, 3.63) is 29.7 Å². The lowest BCUT2D eigenvalue weighted by Gasteiger charge is -1.98. The third-order valence-corrected chi connectivity index (χ3v) is 1.86. The van der Waals surface area contributed by atoms with Gasteiger partial charge in [-0.05, 0) is 6.07 Å². The Morgan fingerprint density at radius 1 is 1.50 bits per heavy atom. The molecule has 0 spiro atoms.